The minimum atomic E-state index is -0.963. The second-order valence-electron chi connectivity index (χ2n) is 5.19. The molecule has 2 rings (SSSR count). The van der Waals surface area contributed by atoms with Gasteiger partial charge in [0.1, 0.15) is 5.75 Å². The summed E-state index contributed by atoms with van der Waals surface area (Å²) in [7, 11) is 2.86. The summed E-state index contributed by atoms with van der Waals surface area (Å²) in [5.41, 5.74) is 0.205. The third-order valence-corrected chi connectivity index (χ3v) is 3.69. The highest BCUT2D eigenvalue weighted by Gasteiger charge is 2.20. The van der Waals surface area contributed by atoms with Gasteiger partial charge in [-0.15, -0.1) is 0 Å². The van der Waals surface area contributed by atoms with Crippen molar-refractivity contribution < 1.29 is 23.9 Å². The van der Waals surface area contributed by atoms with Crippen molar-refractivity contribution in [1.82, 2.24) is 0 Å². The average molecular weight is 381 g/mol. The normalized spacial score (nSPS) is 11.4. The Hall–Kier alpha value is -3.00. The van der Waals surface area contributed by atoms with Gasteiger partial charge in [-0.1, -0.05) is 11.6 Å². The Labute approximate surface area is 154 Å². The number of ether oxygens (including phenoxy) is 3. The van der Waals surface area contributed by atoms with Gasteiger partial charge >= 0.3 is 0 Å². The van der Waals surface area contributed by atoms with Gasteiger partial charge in [-0.3, -0.25) is 14.9 Å². The van der Waals surface area contributed by atoms with Crippen LogP contribution in [0.1, 0.15) is 6.92 Å². The summed E-state index contributed by atoms with van der Waals surface area (Å²) in [4.78, 5) is 22.8. The molecule has 0 bridgehead atoms. The molecule has 9 heteroatoms. The van der Waals surface area contributed by atoms with Crippen LogP contribution in [0.3, 0.4) is 0 Å². The molecule has 138 valence electrons. The van der Waals surface area contributed by atoms with Crippen LogP contribution in [0.15, 0.2) is 36.4 Å². The second-order valence-corrected chi connectivity index (χ2v) is 5.62. The molecule has 0 aliphatic rings. The number of non-ortho nitro benzene ring substituents is 1. The fraction of sp³-hybridized carbons (Fsp3) is 0.235. The molecular weight excluding hydrogens is 364 g/mol. The summed E-state index contributed by atoms with van der Waals surface area (Å²) in [5, 5.41) is 14.0. The van der Waals surface area contributed by atoms with E-state index in [1.54, 1.807) is 18.2 Å². The lowest BCUT2D eigenvalue weighted by atomic mass is 10.2. The first-order valence-electron chi connectivity index (χ1n) is 7.49. The number of carbonyl (C=O) groups excluding carboxylic acids is 1. The Morgan fingerprint density at radius 2 is 1.77 bits per heavy atom. The van der Waals surface area contributed by atoms with Crippen molar-refractivity contribution in [2.24, 2.45) is 0 Å². The lowest BCUT2D eigenvalue weighted by Gasteiger charge is -2.17. The zero-order valence-corrected chi connectivity index (χ0v) is 15.1. The summed E-state index contributed by atoms with van der Waals surface area (Å²) < 4.78 is 15.8. The number of nitro groups is 1. The first-order valence-corrected chi connectivity index (χ1v) is 7.87. The highest BCUT2D eigenvalue weighted by atomic mass is 35.5. The molecule has 0 spiro atoms. The topological polar surface area (TPSA) is 99.9 Å². The summed E-state index contributed by atoms with van der Waals surface area (Å²) in [6.45, 7) is 1.50. The van der Waals surface area contributed by atoms with E-state index < -0.39 is 16.9 Å². The molecule has 1 atom stereocenters. The van der Waals surface area contributed by atoms with Crippen LogP contribution in [0, 0.1) is 10.1 Å². The number of halogens is 1. The fourth-order valence-corrected chi connectivity index (χ4v) is 2.30. The molecule has 0 radical (unpaired) electrons. The van der Waals surface area contributed by atoms with Gasteiger partial charge in [0.25, 0.3) is 11.6 Å². The zero-order valence-electron chi connectivity index (χ0n) is 14.3. The summed E-state index contributed by atoms with van der Waals surface area (Å²) in [6.07, 6.45) is -0.963. The number of rotatable bonds is 7. The molecule has 1 amide bonds. The Morgan fingerprint density at radius 1 is 1.12 bits per heavy atom. The third-order valence-electron chi connectivity index (χ3n) is 3.45. The molecule has 0 saturated heterocycles. The van der Waals surface area contributed by atoms with Crippen molar-refractivity contribution in [3.63, 3.8) is 0 Å². The number of methoxy groups -OCH3 is 2. The molecule has 1 N–H and O–H groups in total. The van der Waals surface area contributed by atoms with Gasteiger partial charge in [0.2, 0.25) is 0 Å². The molecule has 0 heterocycles. The van der Waals surface area contributed by atoms with Gasteiger partial charge in [0, 0.05) is 11.1 Å². The van der Waals surface area contributed by atoms with E-state index in [1.807, 2.05) is 0 Å². The minimum absolute atomic E-state index is 0.0856. The van der Waals surface area contributed by atoms with Crippen molar-refractivity contribution in [2.45, 2.75) is 13.0 Å². The molecule has 1 unspecified atom stereocenters. The number of hydrogen-bond donors (Lipinski definition) is 1. The smallest absolute Gasteiger partial charge is 0.273 e. The molecule has 2 aromatic rings. The Bertz CT molecular complexity index is 827. The van der Waals surface area contributed by atoms with Crippen LogP contribution in [0.4, 0.5) is 11.4 Å². The molecule has 0 aromatic heterocycles. The maximum absolute atomic E-state index is 12.4. The Kier molecular flexibility index (Phi) is 6.24. The van der Waals surface area contributed by atoms with E-state index in [4.69, 9.17) is 25.8 Å². The SMILES string of the molecule is COc1ccc(Cl)cc1NC(=O)C(C)Oc1cc([N+](=O)[O-])ccc1OC. The molecule has 0 aliphatic heterocycles. The predicted octanol–water partition coefficient (Wildman–Crippen LogP) is 3.67. The number of anilines is 1. The number of nitrogens with one attached hydrogen (secondary N) is 1. The monoisotopic (exact) mass is 380 g/mol. The molecule has 0 fully saturated rings. The first kappa shape index (κ1) is 19.3. The van der Waals surface area contributed by atoms with Crippen LogP contribution in [0.2, 0.25) is 5.02 Å². The average Bonchev–Trinajstić information content (AvgIpc) is 2.61. The fourth-order valence-electron chi connectivity index (χ4n) is 2.13. The van der Waals surface area contributed by atoms with Crippen molar-refractivity contribution >= 4 is 28.9 Å². The standard InChI is InChI=1S/C17H17ClN2O6/c1-10(17(21)19-13-8-11(18)4-6-14(13)24-2)26-16-9-12(20(22)23)5-7-15(16)25-3/h4-10H,1-3H3,(H,19,21). The number of hydrogen-bond acceptors (Lipinski definition) is 6. The van der Waals surface area contributed by atoms with Gasteiger partial charge in [0.15, 0.2) is 17.6 Å². The Balaban J connectivity index is 2.18. The number of amides is 1. The predicted molar refractivity (Wildman–Crippen MR) is 96.4 cm³/mol. The van der Waals surface area contributed by atoms with Crippen LogP contribution in [-0.2, 0) is 4.79 Å². The number of nitrogens with zero attached hydrogens (tertiary/aromatic N) is 1. The lowest BCUT2D eigenvalue weighted by Crippen LogP contribution is -2.30. The highest BCUT2D eigenvalue weighted by Crippen LogP contribution is 2.32. The van der Waals surface area contributed by atoms with Crippen LogP contribution in [0.25, 0.3) is 0 Å². The molecular formula is C17H17ClN2O6. The summed E-state index contributed by atoms with van der Waals surface area (Å²) >= 11 is 5.93. The summed E-state index contributed by atoms with van der Waals surface area (Å²) in [6, 6.07) is 8.67. The van der Waals surface area contributed by atoms with E-state index >= 15 is 0 Å². The number of carbonyl (C=O) groups is 1. The maximum atomic E-state index is 12.4. The first-order chi connectivity index (χ1) is 12.3. The Morgan fingerprint density at radius 3 is 2.38 bits per heavy atom. The van der Waals surface area contributed by atoms with Gasteiger partial charge in [0.05, 0.1) is 30.9 Å². The van der Waals surface area contributed by atoms with Crippen LogP contribution >= 0.6 is 11.6 Å². The van der Waals surface area contributed by atoms with Crippen molar-refractivity contribution in [1.29, 1.82) is 0 Å². The molecule has 0 saturated carbocycles. The molecule has 2 aromatic carbocycles. The quantitative estimate of drug-likeness (QED) is 0.581. The van der Waals surface area contributed by atoms with Crippen molar-refractivity contribution in [2.75, 3.05) is 19.5 Å². The van der Waals surface area contributed by atoms with E-state index in [2.05, 4.69) is 5.32 Å². The van der Waals surface area contributed by atoms with E-state index in [1.165, 1.54) is 39.3 Å². The molecule has 26 heavy (non-hydrogen) atoms. The largest absolute Gasteiger partial charge is 0.495 e. The van der Waals surface area contributed by atoms with Gasteiger partial charge < -0.3 is 19.5 Å². The highest BCUT2D eigenvalue weighted by molar-refractivity contribution is 6.31. The van der Waals surface area contributed by atoms with Crippen LogP contribution in [0.5, 0.6) is 17.2 Å². The van der Waals surface area contributed by atoms with E-state index in [0.717, 1.165) is 0 Å². The third kappa shape index (κ3) is 4.54. The number of benzene rings is 2. The van der Waals surface area contributed by atoms with Crippen molar-refractivity contribution in [3.8, 4) is 17.2 Å². The van der Waals surface area contributed by atoms with E-state index in [9.17, 15) is 14.9 Å². The summed E-state index contributed by atoms with van der Waals surface area (Å²) in [5.74, 6) is 0.306. The van der Waals surface area contributed by atoms with Gasteiger partial charge in [-0.25, -0.2) is 0 Å². The van der Waals surface area contributed by atoms with E-state index in [-0.39, 0.29) is 17.2 Å². The lowest BCUT2D eigenvalue weighted by molar-refractivity contribution is -0.385. The van der Waals surface area contributed by atoms with Crippen molar-refractivity contribution in [3.05, 3.63) is 51.5 Å². The van der Waals surface area contributed by atoms with Crippen LogP contribution < -0.4 is 19.5 Å². The molecule has 8 nitrogen and oxygen atoms in total. The minimum Gasteiger partial charge on any atom is -0.495 e. The molecule has 0 aliphatic carbocycles. The van der Waals surface area contributed by atoms with E-state index in [0.29, 0.717) is 16.5 Å². The number of nitro benzene ring substituents is 1. The second kappa shape index (κ2) is 8.39. The zero-order chi connectivity index (χ0) is 19.3. The van der Waals surface area contributed by atoms with Gasteiger partial charge in [-0.05, 0) is 31.2 Å². The van der Waals surface area contributed by atoms with Gasteiger partial charge in [-0.2, -0.15) is 0 Å². The maximum Gasteiger partial charge on any atom is 0.273 e. The van der Waals surface area contributed by atoms with Crippen LogP contribution in [-0.4, -0.2) is 31.2 Å².